The minimum atomic E-state index is -0.156. The average molecular weight is 235 g/mol. The molecule has 0 aliphatic carbocycles. The van der Waals surface area contributed by atoms with Gasteiger partial charge in [0, 0.05) is 12.6 Å². The summed E-state index contributed by atoms with van der Waals surface area (Å²) in [6.07, 6.45) is 4.34. The number of nitrogens with one attached hydrogen (secondary N) is 1. The van der Waals surface area contributed by atoms with Crippen LogP contribution in [-0.2, 0) is 11.3 Å². The number of rotatable bonds is 3. The van der Waals surface area contributed by atoms with Crippen molar-refractivity contribution in [3.63, 3.8) is 0 Å². The molecule has 1 N–H and O–H groups in total. The van der Waals surface area contributed by atoms with Crippen LogP contribution in [0.5, 0.6) is 0 Å². The van der Waals surface area contributed by atoms with Gasteiger partial charge >= 0.3 is 0 Å². The molecule has 0 aromatic heterocycles. The molecule has 0 amide bonds. The first kappa shape index (κ1) is 11.2. The first-order valence-corrected chi connectivity index (χ1v) is 6.36. The number of aryl methyl sites for hydroxylation is 1. The second-order valence-corrected chi connectivity index (χ2v) is 5.17. The molecule has 2 bridgehead atoms. The largest absolute Gasteiger partial charge is 0.373 e. The van der Waals surface area contributed by atoms with Crippen molar-refractivity contribution >= 4 is 0 Å². The molecule has 2 aliphatic heterocycles. The summed E-state index contributed by atoms with van der Waals surface area (Å²) in [5.41, 5.74) is 2.19. The van der Waals surface area contributed by atoms with Gasteiger partial charge in [0.05, 0.1) is 12.2 Å². The maximum atomic E-state index is 13.1. The van der Waals surface area contributed by atoms with Gasteiger partial charge < -0.3 is 10.1 Å². The Morgan fingerprint density at radius 2 is 2.29 bits per heavy atom. The normalized spacial score (nSPS) is 31.1. The van der Waals surface area contributed by atoms with Crippen molar-refractivity contribution < 1.29 is 9.13 Å². The van der Waals surface area contributed by atoms with E-state index < -0.39 is 0 Å². The summed E-state index contributed by atoms with van der Waals surface area (Å²) < 4.78 is 18.9. The molecule has 2 aliphatic rings. The Bertz CT molecular complexity index is 421. The Labute approximate surface area is 101 Å². The van der Waals surface area contributed by atoms with Gasteiger partial charge in [-0.1, -0.05) is 6.07 Å². The number of hydrogen-bond acceptors (Lipinski definition) is 2. The molecule has 1 aromatic rings. The number of ether oxygens (including phenoxy) is 1. The van der Waals surface area contributed by atoms with Gasteiger partial charge in [0.15, 0.2) is 0 Å². The zero-order chi connectivity index (χ0) is 11.8. The van der Waals surface area contributed by atoms with E-state index in [9.17, 15) is 4.39 Å². The molecule has 3 heteroatoms. The van der Waals surface area contributed by atoms with Gasteiger partial charge in [0.1, 0.15) is 5.82 Å². The van der Waals surface area contributed by atoms with Crippen molar-refractivity contribution in [3.8, 4) is 0 Å². The lowest BCUT2D eigenvalue weighted by molar-refractivity contribution is 0.0973. The summed E-state index contributed by atoms with van der Waals surface area (Å²) in [7, 11) is 0. The number of halogens is 1. The highest BCUT2D eigenvalue weighted by Gasteiger charge is 2.40. The van der Waals surface area contributed by atoms with Crippen LogP contribution in [0.1, 0.15) is 30.4 Å². The van der Waals surface area contributed by atoms with Crippen molar-refractivity contribution in [3.05, 3.63) is 35.1 Å². The lowest BCUT2D eigenvalue weighted by Gasteiger charge is -2.20. The van der Waals surface area contributed by atoms with E-state index in [2.05, 4.69) is 5.32 Å². The van der Waals surface area contributed by atoms with Crippen LogP contribution in [0.15, 0.2) is 18.2 Å². The Kier molecular flexibility index (Phi) is 2.89. The maximum absolute atomic E-state index is 13.1. The Hall–Kier alpha value is -0.930. The lowest BCUT2D eigenvalue weighted by atomic mass is 9.95. The molecule has 2 nitrogen and oxygen atoms in total. The van der Waals surface area contributed by atoms with Gasteiger partial charge in [0.2, 0.25) is 0 Å². The average Bonchev–Trinajstić information content (AvgIpc) is 2.92. The number of fused-ring (bicyclic) bond motifs is 2. The first-order chi connectivity index (χ1) is 8.22. The second kappa shape index (κ2) is 4.39. The molecule has 3 rings (SSSR count). The summed E-state index contributed by atoms with van der Waals surface area (Å²) in [6, 6.07) is 5.43. The third-order valence-corrected chi connectivity index (χ3v) is 3.97. The highest BCUT2D eigenvalue weighted by Crippen LogP contribution is 2.34. The van der Waals surface area contributed by atoms with E-state index in [0.29, 0.717) is 18.2 Å². The van der Waals surface area contributed by atoms with E-state index in [1.165, 1.54) is 18.9 Å². The third-order valence-electron chi connectivity index (χ3n) is 3.97. The van der Waals surface area contributed by atoms with Gasteiger partial charge in [-0.3, -0.25) is 0 Å². The SMILES string of the molecule is Cc1ccc(F)cc1CN[C@H]1C[C@H]2CC[C@H]1O2. The summed E-state index contributed by atoms with van der Waals surface area (Å²) in [4.78, 5) is 0. The van der Waals surface area contributed by atoms with Gasteiger partial charge in [-0.25, -0.2) is 4.39 Å². The zero-order valence-corrected chi connectivity index (χ0v) is 10.1. The van der Waals surface area contributed by atoms with Crippen LogP contribution < -0.4 is 5.32 Å². The minimum Gasteiger partial charge on any atom is -0.373 e. The van der Waals surface area contributed by atoms with E-state index >= 15 is 0 Å². The lowest BCUT2D eigenvalue weighted by Crippen LogP contribution is -2.37. The summed E-state index contributed by atoms with van der Waals surface area (Å²) in [5, 5.41) is 3.51. The highest BCUT2D eigenvalue weighted by molar-refractivity contribution is 5.26. The van der Waals surface area contributed by atoms with Crippen molar-refractivity contribution in [1.82, 2.24) is 5.32 Å². The fourth-order valence-electron chi connectivity index (χ4n) is 2.92. The van der Waals surface area contributed by atoms with Gasteiger partial charge in [-0.2, -0.15) is 0 Å². The number of benzene rings is 1. The van der Waals surface area contributed by atoms with Crippen LogP contribution in [0.3, 0.4) is 0 Å². The smallest absolute Gasteiger partial charge is 0.123 e. The molecule has 2 heterocycles. The standard InChI is InChI=1S/C14H18FNO/c1-9-2-3-11(15)6-10(9)8-16-13-7-12-4-5-14(13)17-12/h2-3,6,12-14,16H,4-5,7-8H2,1H3/t12-,13+,14-/m1/s1. The molecule has 2 saturated heterocycles. The van der Waals surface area contributed by atoms with E-state index in [-0.39, 0.29) is 5.82 Å². The van der Waals surface area contributed by atoms with E-state index in [1.54, 1.807) is 6.07 Å². The van der Waals surface area contributed by atoms with Crippen LogP contribution in [0, 0.1) is 12.7 Å². The number of hydrogen-bond donors (Lipinski definition) is 1. The van der Waals surface area contributed by atoms with Crippen molar-refractivity contribution in [2.75, 3.05) is 0 Å². The fourth-order valence-corrected chi connectivity index (χ4v) is 2.92. The van der Waals surface area contributed by atoms with Crippen molar-refractivity contribution in [2.45, 2.75) is 51.0 Å². The predicted molar refractivity (Wildman–Crippen MR) is 64.3 cm³/mol. The van der Waals surface area contributed by atoms with E-state index in [0.717, 1.165) is 24.1 Å². The van der Waals surface area contributed by atoms with Gasteiger partial charge in [0.25, 0.3) is 0 Å². The van der Waals surface area contributed by atoms with Crippen molar-refractivity contribution in [1.29, 1.82) is 0 Å². The molecule has 0 saturated carbocycles. The minimum absolute atomic E-state index is 0.156. The van der Waals surface area contributed by atoms with E-state index in [4.69, 9.17) is 4.74 Å². The Morgan fingerprint density at radius 3 is 3.00 bits per heavy atom. The molecule has 1 aromatic carbocycles. The third kappa shape index (κ3) is 2.22. The quantitative estimate of drug-likeness (QED) is 0.869. The van der Waals surface area contributed by atoms with Gasteiger partial charge in [-0.05, 0) is 49.4 Å². The summed E-state index contributed by atoms with van der Waals surface area (Å²) in [6.45, 7) is 2.76. The van der Waals surface area contributed by atoms with Crippen LogP contribution in [-0.4, -0.2) is 18.2 Å². The molecule has 0 spiro atoms. The molecule has 2 fully saturated rings. The molecular weight excluding hydrogens is 217 g/mol. The van der Waals surface area contributed by atoms with E-state index in [1.807, 2.05) is 13.0 Å². The fraction of sp³-hybridized carbons (Fsp3) is 0.571. The molecule has 17 heavy (non-hydrogen) atoms. The molecule has 0 radical (unpaired) electrons. The summed E-state index contributed by atoms with van der Waals surface area (Å²) >= 11 is 0. The Balaban J connectivity index is 1.62. The second-order valence-electron chi connectivity index (χ2n) is 5.17. The molecule has 0 unspecified atom stereocenters. The topological polar surface area (TPSA) is 21.3 Å². The van der Waals surface area contributed by atoms with Crippen LogP contribution in [0.25, 0.3) is 0 Å². The maximum Gasteiger partial charge on any atom is 0.123 e. The summed E-state index contributed by atoms with van der Waals surface area (Å²) in [5.74, 6) is -0.156. The highest BCUT2D eigenvalue weighted by atomic mass is 19.1. The molecule has 92 valence electrons. The molecule has 3 atom stereocenters. The zero-order valence-electron chi connectivity index (χ0n) is 10.1. The predicted octanol–water partition coefficient (Wildman–Crippen LogP) is 2.54. The molecular formula is C14H18FNO. The Morgan fingerprint density at radius 1 is 1.41 bits per heavy atom. The van der Waals surface area contributed by atoms with Crippen LogP contribution >= 0.6 is 0 Å². The first-order valence-electron chi connectivity index (χ1n) is 6.36. The van der Waals surface area contributed by atoms with Crippen LogP contribution in [0.2, 0.25) is 0 Å². The van der Waals surface area contributed by atoms with Crippen LogP contribution in [0.4, 0.5) is 4.39 Å². The monoisotopic (exact) mass is 235 g/mol. The van der Waals surface area contributed by atoms with Crippen molar-refractivity contribution in [2.24, 2.45) is 0 Å². The van der Waals surface area contributed by atoms with Gasteiger partial charge in [-0.15, -0.1) is 0 Å².